The number of aromatic carboxylic acids is 1. The number of carbonyl (C=O) groups is 1. The highest BCUT2D eigenvalue weighted by Gasteiger charge is 2.13. The van der Waals surface area contributed by atoms with Crippen molar-refractivity contribution in [1.29, 1.82) is 0 Å². The van der Waals surface area contributed by atoms with Crippen LogP contribution in [0.2, 0.25) is 0 Å². The number of nitrogens with one attached hydrogen (secondary N) is 2. The molecule has 0 aliphatic heterocycles. The molecule has 0 heterocycles. The Morgan fingerprint density at radius 3 is 2.59 bits per heavy atom. The Hall–Kier alpha value is -2.14. The first-order valence-electron chi connectivity index (χ1n) is 7.28. The number of para-hydroxylation sites is 1. The molecule has 2 aromatic rings. The van der Waals surface area contributed by atoms with Crippen molar-refractivity contribution >= 4 is 35.7 Å². The van der Waals surface area contributed by atoms with Gasteiger partial charge in [0.05, 0.1) is 16.9 Å². The fraction of sp³-hybridized carbons (Fsp3) is 0.235. The van der Waals surface area contributed by atoms with E-state index in [1.165, 1.54) is 0 Å². The molecule has 2 aromatic carbocycles. The van der Waals surface area contributed by atoms with Gasteiger partial charge in [-0.2, -0.15) is 0 Å². The smallest absolute Gasteiger partial charge is 0.335 e. The van der Waals surface area contributed by atoms with Crippen molar-refractivity contribution in [3.05, 3.63) is 48.0 Å². The van der Waals surface area contributed by atoms with Gasteiger partial charge in [-0.3, -0.25) is 0 Å². The number of unbranched alkanes of at least 4 members (excludes halogenated alkanes) is 1. The van der Waals surface area contributed by atoms with E-state index in [0.29, 0.717) is 4.90 Å². The molecule has 0 saturated heterocycles. The lowest BCUT2D eigenvalue weighted by atomic mass is 10.1. The minimum absolute atomic E-state index is 0.225. The van der Waals surface area contributed by atoms with Crippen molar-refractivity contribution in [2.45, 2.75) is 24.7 Å². The predicted molar refractivity (Wildman–Crippen MR) is 93.8 cm³/mol. The molecule has 0 radical (unpaired) electrons. The Balaban J connectivity index is 2.34. The second-order valence-electron chi connectivity index (χ2n) is 4.99. The van der Waals surface area contributed by atoms with Gasteiger partial charge in [-0.25, -0.2) is 4.79 Å². The molecule has 0 fully saturated rings. The third-order valence-electron chi connectivity index (χ3n) is 3.25. The molecule has 0 amide bonds. The topological polar surface area (TPSA) is 61.4 Å². The minimum atomic E-state index is -0.958. The lowest BCUT2D eigenvalue weighted by Gasteiger charge is -2.17. The molecule has 0 aromatic heterocycles. The second kappa shape index (κ2) is 7.75. The Morgan fingerprint density at radius 2 is 1.95 bits per heavy atom. The van der Waals surface area contributed by atoms with Crippen LogP contribution in [0.5, 0.6) is 0 Å². The number of carboxylic acids is 1. The van der Waals surface area contributed by atoms with Gasteiger partial charge in [-0.1, -0.05) is 31.5 Å². The lowest BCUT2D eigenvalue weighted by Crippen LogP contribution is -2.07. The Labute approximate surface area is 136 Å². The average molecular weight is 316 g/mol. The zero-order chi connectivity index (χ0) is 15.9. The number of anilines is 3. The van der Waals surface area contributed by atoms with Gasteiger partial charge in [-0.05, 0) is 30.7 Å². The third-order valence-corrected chi connectivity index (χ3v) is 3.61. The van der Waals surface area contributed by atoms with Crippen LogP contribution in [-0.4, -0.2) is 17.6 Å². The summed E-state index contributed by atoms with van der Waals surface area (Å²) in [5.74, 6) is -0.958. The summed E-state index contributed by atoms with van der Waals surface area (Å²) in [7, 11) is 0. The quantitative estimate of drug-likeness (QED) is 0.444. The van der Waals surface area contributed by atoms with E-state index in [2.05, 4.69) is 30.2 Å². The molecule has 22 heavy (non-hydrogen) atoms. The van der Waals surface area contributed by atoms with Gasteiger partial charge in [-0.15, -0.1) is 12.6 Å². The molecule has 0 aliphatic carbocycles. The number of benzene rings is 2. The van der Waals surface area contributed by atoms with Gasteiger partial charge in [0.2, 0.25) is 0 Å². The van der Waals surface area contributed by atoms with Crippen LogP contribution in [0.1, 0.15) is 30.1 Å². The summed E-state index contributed by atoms with van der Waals surface area (Å²) in [5.41, 5.74) is 2.69. The fourth-order valence-electron chi connectivity index (χ4n) is 2.09. The SMILES string of the molecule is CCCCNc1cc(C(=O)O)cc(S)c1Nc1ccccc1. The maximum Gasteiger partial charge on any atom is 0.335 e. The molecule has 0 aliphatic rings. The van der Waals surface area contributed by atoms with E-state index < -0.39 is 5.97 Å². The highest BCUT2D eigenvalue weighted by molar-refractivity contribution is 7.80. The van der Waals surface area contributed by atoms with Gasteiger partial charge < -0.3 is 15.7 Å². The first-order valence-corrected chi connectivity index (χ1v) is 7.72. The van der Waals surface area contributed by atoms with Crippen molar-refractivity contribution in [3.63, 3.8) is 0 Å². The normalized spacial score (nSPS) is 10.3. The Morgan fingerprint density at radius 1 is 1.23 bits per heavy atom. The summed E-state index contributed by atoms with van der Waals surface area (Å²) in [4.78, 5) is 11.8. The summed E-state index contributed by atoms with van der Waals surface area (Å²) >= 11 is 4.44. The number of hydrogen-bond donors (Lipinski definition) is 4. The van der Waals surface area contributed by atoms with Crippen LogP contribution in [0.25, 0.3) is 0 Å². The summed E-state index contributed by atoms with van der Waals surface area (Å²) < 4.78 is 0. The maximum absolute atomic E-state index is 11.2. The van der Waals surface area contributed by atoms with Crippen LogP contribution in [0, 0.1) is 0 Å². The highest BCUT2D eigenvalue weighted by atomic mass is 32.1. The number of thiol groups is 1. The standard InChI is InChI=1S/C17H20N2O2S/c1-2-3-9-18-14-10-12(17(20)21)11-15(22)16(14)19-13-7-5-4-6-8-13/h4-8,10-11,18-19,22H,2-3,9H2,1H3,(H,20,21). The van der Waals surface area contributed by atoms with E-state index in [0.717, 1.165) is 36.4 Å². The molecule has 0 saturated carbocycles. The first kappa shape index (κ1) is 16.2. The first-order chi connectivity index (χ1) is 10.6. The molecule has 0 spiro atoms. The monoisotopic (exact) mass is 316 g/mol. The van der Waals surface area contributed by atoms with Crippen molar-refractivity contribution < 1.29 is 9.90 Å². The molecule has 116 valence electrons. The van der Waals surface area contributed by atoms with E-state index in [1.54, 1.807) is 12.1 Å². The molecule has 0 bridgehead atoms. The van der Waals surface area contributed by atoms with E-state index >= 15 is 0 Å². The van der Waals surface area contributed by atoms with Gasteiger partial charge in [0, 0.05) is 17.1 Å². The van der Waals surface area contributed by atoms with Crippen molar-refractivity contribution in [3.8, 4) is 0 Å². The predicted octanol–water partition coefficient (Wildman–Crippen LogP) is 4.63. The van der Waals surface area contributed by atoms with Crippen LogP contribution in [0.4, 0.5) is 17.1 Å². The number of carboxylic acid groups (broad SMARTS) is 1. The number of rotatable bonds is 7. The highest BCUT2D eigenvalue weighted by Crippen LogP contribution is 2.33. The van der Waals surface area contributed by atoms with Crippen molar-refractivity contribution in [2.24, 2.45) is 0 Å². The van der Waals surface area contributed by atoms with Gasteiger partial charge >= 0.3 is 5.97 Å². The third kappa shape index (κ3) is 4.18. The molecular weight excluding hydrogens is 296 g/mol. The summed E-state index contributed by atoms with van der Waals surface area (Å²) in [5, 5.41) is 15.8. The molecule has 2 rings (SSSR count). The molecule has 5 heteroatoms. The van der Waals surface area contributed by atoms with Gasteiger partial charge in [0.25, 0.3) is 0 Å². The molecular formula is C17H20N2O2S. The summed E-state index contributed by atoms with van der Waals surface area (Å²) in [6.45, 7) is 2.90. The second-order valence-corrected chi connectivity index (χ2v) is 5.48. The van der Waals surface area contributed by atoms with E-state index in [9.17, 15) is 9.90 Å². The average Bonchev–Trinajstić information content (AvgIpc) is 2.51. The van der Waals surface area contributed by atoms with Crippen molar-refractivity contribution in [1.82, 2.24) is 0 Å². The number of hydrogen-bond acceptors (Lipinski definition) is 4. The summed E-state index contributed by atoms with van der Waals surface area (Å²) in [6, 6.07) is 12.9. The van der Waals surface area contributed by atoms with E-state index in [1.807, 2.05) is 30.3 Å². The molecule has 0 unspecified atom stereocenters. The zero-order valence-electron chi connectivity index (χ0n) is 12.5. The Kier molecular flexibility index (Phi) is 5.72. The van der Waals surface area contributed by atoms with Crippen LogP contribution in [0.3, 0.4) is 0 Å². The zero-order valence-corrected chi connectivity index (χ0v) is 13.4. The molecule has 4 nitrogen and oxygen atoms in total. The van der Waals surface area contributed by atoms with Crippen molar-refractivity contribution in [2.75, 3.05) is 17.2 Å². The van der Waals surface area contributed by atoms with E-state index in [4.69, 9.17) is 0 Å². The van der Waals surface area contributed by atoms with E-state index in [-0.39, 0.29) is 5.56 Å². The fourth-order valence-corrected chi connectivity index (χ4v) is 2.40. The molecule has 3 N–H and O–H groups in total. The Bertz CT molecular complexity index is 645. The maximum atomic E-state index is 11.2. The lowest BCUT2D eigenvalue weighted by molar-refractivity contribution is 0.0696. The van der Waals surface area contributed by atoms with Crippen LogP contribution < -0.4 is 10.6 Å². The van der Waals surface area contributed by atoms with Crippen LogP contribution in [0.15, 0.2) is 47.4 Å². The van der Waals surface area contributed by atoms with Crippen LogP contribution in [-0.2, 0) is 0 Å². The van der Waals surface area contributed by atoms with Gasteiger partial charge in [0.1, 0.15) is 0 Å². The molecule has 0 atom stereocenters. The summed E-state index contributed by atoms with van der Waals surface area (Å²) in [6.07, 6.45) is 2.09. The largest absolute Gasteiger partial charge is 0.478 e. The van der Waals surface area contributed by atoms with Crippen LogP contribution >= 0.6 is 12.6 Å². The van der Waals surface area contributed by atoms with Gasteiger partial charge in [0.15, 0.2) is 0 Å². The minimum Gasteiger partial charge on any atom is -0.478 e.